The third-order valence-electron chi connectivity index (χ3n) is 2.01. The van der Waals surface area contributed by atoms with E-state index in [0.717, 1.165) is 0 Å². The number of hydrogen-bond acceptors (Lipinski definition) is 4. The molecular weight excluding hydrogens is 289 g/mol. The monoisotopic (exact) mass is 297 g/mol. The summed E-state index contributed by atoms with van der Waals surface area (Å²) in [5.74, 6) is 0.982. The molecule has 1 aromatic heterocycles. The number of halogens is 2. The summed E-state index contributed by atoms with van der Waals surface area (Å²) in [6.45, 7) is 0. The Morgan fingerprint density at radius 3 is 2.82 bits per heavy atom. The van der Waals surface area contributed by atoms with Crippen molar-refractivity contribution in [1.29, 1.82) is 0 Å². The van der Waals surface area contributed by atoms with Gasteiger partial charge in [-0.15, -0.1) is 0 Å². The zero-order valence-electron chi connectivity index (χ0n) is 8.95. The van der Waals surface area contributed by atoms with Crippen molar-refractivity contribution in [2.75, 3.05) is 12.4 Å². The zero-order valence-corrected chi connectivity index (χ0v) is 10.5. The van der Waals surface area contributed by atoms with Gasteiger partial charge in [-0.1, -0.05) is 0 Å². The van der Waals surface area contributed by atoms with E-state index in [1.807, 2.05) is 0 Å². The molecule has 0 unspecified atom stereocenters. The van der Waals surface area contributed by atoms with Gasteiger partial charge in [0.25, 0.3) is 0 Å². The van der Waals surface area contributed by atoms with E-state index < -0.39 is 0 Å². The lowest BCUT2D eigenvalue weighted by Gasteiger charge is -2.06. The minimum Gasteiger partial charge on any atom is -0.439 e. The van der Waals surface area contributed by atoms with E-state index in [9.17, 15) is 4.39 Å². The van der Waals surface area contributed by atoms with Gasteiger partial charge in [0.1, 0.15) is 23.7 Å². The fourth-order valence-electron chi connectivity index (χ4n) is 1.19. The van der Waals surface area contributed by atoms with Gasteiger partial charge in [0.2, 0.25) is 5.88 Å². The smallest absolute Gasteiger partial charge is 0.224 e. The van der Waals surface area contributed by atoms with Crippen molar-refractivity contribution in [3.8, 4) is 11.6 Å². The molecule has 17 heavy (non-hydrogen) atoms. The first-order valence-corrected chi connectivity index (χ1v) is 5.61. The summed E-state index contributed by atoms with van der Waals surface area (Å²) in [4.78, 5) is 7.87. The molecule has 88 valence electrons. The van der Waals surface area contributed by atoms with Crippen LogP contribution in [0.15, 0.2) is 35.1 Å². The lowest BCUT2D eigenvalue weighted by atomic mass is 10.3. The molecule has 2 rings (SSSR count). The molecule has 0 amide bonds. The lowest BCUT2D eigenvalue weighted by Crippen LogP contribution is -1.95. The Balaban J connectivity index is 2.22. The Morgan fingerprint density at radius 1 is 1.29 bits per heavy atom. The van der Waals surface area contributed by atoms with Crippen molar-refractivity contribution < 1.29 is 9.13 Å². The number of ether oxygens (including phenoxy) is 1. The number of nitrogens with zero attached hydrogens (tertiary/aromatic N) is 2. The van der Waals surface area contributed by atoms with Crippen LogP contribution in [0.3, 0.4) is 0 Å². The molecule has 2 aromatic rings. The van der Waals surface area contributed by atoms with Gasteiger partial charge in [-0.25, -0.2) is 14.4 Å². The van der Waals surface area contributed by atoms with Crippen LogP contribution in [0.1, 0.15) is 0 Å². The van der Waals surface area contributed by atoms with Crippen molar-refractivity contribution in [2.45, 2.75) is 0 Å². The van der Waals surface area contributed by atoms with Crippen LogP contribution in [-0.2, 0) is 0 Å². The predicted molar refractivity (Wildman–Crippen MR) is 65.8 cm³/mol. The van der Waals surface area contributed by atoms with Crippen molar-refractivity contribution >= 4 is 21.7 Å². The van der Waals surface area contributed by atoms with Gasteiger partial charge in [-0.3, -0.25) is 0 Å². The maximum Gasteiger partial charge on any atom is 0.224 e. The van der Waals surface area contributed by atoms with Gasteiger partial charge in [0.15, 0.2) is 0 Å². The van der Waals surface area contributed by atoms with Gasteiger partial charge in [0, 0.05) is 19.2 Å². The van der Waals surface area contributed by atoms with Crippen molar-refractivity contribution in [2.24, 2.45) is 0 Å². The predicted octanol–water partition coefficient (Wildman–Crippen LogP) is 3.21. The normalized spacial score (nSPS) is 10.1. The van der Waals surface area contributed by atoms with Crippen molar-refractivity contribution in [3.63, 3.8) is 0 Å². The summed E-state index contributed by atoms with van der Waals surface area (Å²) >= 11 is 3.07. The molecule has 0 saturated carbocycles. The second-order valence-electron chi connectivity index (χ2n) is 3.17. The number of anilines is 1. The maximum atomic E-state index is 13.3. The van der Waals surface area contributed by atoms with Gasteiger partial charge >= 0.3 is 0 Å². The van der Waals surface area contributed by atoms with Crippen LogP contribution in [0.5, 0.6) is 11.6 Å². The van der Waals surface area contributed by atoms with E-state index >= 15 is 0 Å². The van der Waals surface area contributed by atoms with Crippen LogP contribution in [0.2, 0.25) is 0 Å². The topological polar surface area (TPSA) is 47.0 Å². The standard InChI is InChI=1S/C11H9BrFN3O/c1-14-10-5-11(16-6-15-10)17-7-2-3-8(12)9(13)4-7/h2-6H,1H3,(H,14,15,16). The number of aromatic nitrogens is 2. The third kappa shape index (κ3) is 2.91. The first-order valence-electron chi connectivity index (χ1n) is 4.82. The summed E-state index contributed by atoms with van der Waals surface area (Å²) in [5, 5.41) is 2.86. The average molecular weight is 298 g/mol. The molecule has 1 N–H and O–H groups in total. The van der Waals surface area contributed by atoms with Gasteiger partial charge < -0.3 is 10.1 Å². The molecule has 0 aliphatic heterocycles. The van der Waals surface area contributed by atoms with Gasteiger partial charge in [-0.2, -0.15) is 0 Å². The second-order valence-corrected chi connectivity index (χ2v) is 4.02. The van der Waals surface area contributed by atoms with Crippen LogP contribution in [0.4, 0.5) is 10.2 Å². The summed E-state index contributed by atoms with van der Waals surface area (Å²) in [5.41, 5.74) is 0. The fraction of sp³-hybridized carbons (Fsp3) is 0.0909. The van der Waals surface area contributed by atoms with Crippen LogP contribution in [0, 0.1) is 5.82 Å². The molecule has 4 nitrogen and oxygen atoms in total. The molecule has 1 heterocycles. The zero-order chi connectivity index (χ0) is 12.3. The molecule has 6 heteroatoms. The van der Waals surface area contributed by atoms with E-state index in [-0.39, 0.29) is 5.82 Å². The molecule has 0 atom stereocenters. The Morgan fingerprint density at radius 2 is 2.12 bits per heavy atom. The Kier molecular flexibility index (Phi) is 3.53. The Hall–Kier alpha value is -1.69. The number of rotatable bonds is 3. The number of benzene rings is 1. The highest BCUT2D eigenvalue weighted by Crippen LogP contribution is 2.25. The third-order valence-corrected chi connectivity index (χ3v) is 2.65. The second kappa shape index (κ2) is 5.09. The molecule has 0 bridgehead atoms. The van der Waals surface area contributed by atoms with Gasteiger partial charge in [0.05, 0.1) is 4.47 Å². The molecule has 1 aromatic carbocycles. The number of nitrogens with one attached hydrogen (secondary N) is 1. The first-order chi connectivity index (χ1) is 8.19. The fourth-order valence-corrected chi connectivity index (χ4v) is 1.44. The van der Waals surface area contributed by atoms with E-state index in [0.29, 0.717) is 21.9 Å². The SMILES string of the molecule is CNc1cc(Oc2ccc(Br)c(F)c2)ncn1. The highest BCUT2D eigenvalue weighted by molar-refractivity contribution is 9.10. The average Bonchev–Trinajstić information content (AvgIpc) is 2.34. The van der Waals surface area contributed by atoms with E-state index in [1.54, 1.807) is 25.2 Å². The molecule has 0 aliphatic rings. The summed E-state index contributed by atoms with van der Waals surface area (Å²) < 4.78 is 19.1. The number of hydrogen-bond donors (Lipinski definition) is 1. The van der Waals surface area contributed by atoms with Crippen molar-refractivity contribution in [3.05, 3.63) is 40.9 Å². The Labute approximate surface area is 106 Å². The van der Waals surface area contributed by atoms with E-state index in [1.165, 1.54) is 12.4 Å². The van der Waals surface area contributed by atoms with Crippen molar-refractivity contribution in [1.82, 2.24) is 9.97 Å². The lowest BCUT2D eigenvalue weighted by molar-refractivity contribution is 0.456. The maximum absolute atomic E-state index is 13.3. The minimum absolute atomic E-state index is 0.353. The summed E-state index contributed by atoms with van der Waals surface area (Å²) in [6.07, 6.45) is 1.37. The molecule has 0 spiro atoms. The highest BCUT2D eigenvalue weighted by atomic mass is 79.9. The summed E-state index contributed by atoms with van der Waals surface area (Å²) in [7, 11) is 1.74. The van der Waals surface area contributed by atoms with Gasteiger partial charge in [-0.05, 0) is 28.1 Å². The highest BCUT2D eigenvalue weighted by Gasteiger charge is 2.04. The van der Waals surface area contributed by atoms with E-state index in [4.69, 9.17) is 4.74 Å². The molecule has 0 aliphatic carbocycles. The van der Waals surface area contributed by atoms with E-state index in [2.05, 4.69) is 31.2 Å². The molecule has 0 fully saturated rings. The van der Waals surface area contributed by atoms with Crippen LogP contribution >= 0.6 is 15.9 Å². The summed E-state index contributed by atoms with van der Waals surface area (Å²) in [6, 6.07) is 6.13. The largest absolute Gasteiger partial charge is 0.439 e. The van der Waals surface area contributed by atoms with Crippen LogP contribution < -0.4 is 10.1 Å². The molecule has 0 radical (unpaired) electrons. The quantitative estimate of drug-likeness (QED) is 0.945. The van der Waals surface area contributed by atoms with Crippen LogP contribution in [-0.4, -0.2) is 17.0 Å². The first kappa shape index (κ1) is 11.8. The minimum atomic E-state index is -0.384. The Bertz CT molecular complexity index is 536. The molecule has 0 saturated heterocycles. The molecular formula is C11H9BrFN3O. The van der Waals surface area contributed by atoms with Crippen LogP contribution in [0.25, 0.3) is 0 Å².